The van der Waals surface area contributed by atoms with Gasteiger partial charge in [-0.25, -0.2) is 19.6 Å². The predicted molar refractivity (Wildman–Crippen MR) is 83.6 cm³/mol. The summed E-state index contributed by atoms with van der Waals surface area (Å²) in [5.74, 6) is 0.924. The molecule has 1 aliphatic carbocycles. The highest BCUT2D eigenvalue weighted by atomic mass is 17.2. The van der Waals surface area contributed by atoms with Crippen molar-refractivity contribution in [3.63, 3.8) is 0 Å². The van der Waals surface area contributed by atoms with Crippen molar-refractivity contribution in [3.05, 3.63) is 0 Å². The maximum Gasteiger partial charge on any atom is 0.130 e. The van der Waals surface area contributed by atoms with Crippen molar-refractivity contribution in [3.8, 4) is 0 Å². The first-order valence-corrected chi connectivity index (χ1v) is 8.04. The van der Waals surface area contributed by atoms with E-state index in [0.717, 1.165) is 12.8 Å². The van der Waals surface area contributed by atoms with Crippen molar-refractivity contribution in [2.24, 2.45) is 11.8 Å². The Hall–Kier alpha value is -0.160. The molecule has 0 heterocycles. The van der Waals surface area contributed by atoms with Gasteiger partial charge in [-0.3, -0.25) is 0 Å². The minimum absolute atomic E-state index is 0.143. The average Bonchev–Trinajstić information content (AvgIpc) is 2.22. The summed E-state index contributed by atoms with van der Waals surface area (Å²) in [6, 6.07) is 0. The molecule has 0 N–H and O–H groups in total. The van der Waals surface area contributed by atoms with E-state index in [1.165, 1.54) is 0 Å². The topological polar surface area (TPSA) is 36.9 Å². The Labute approximate surface area is 130 Å². The molecule has 4 unspecified atom stereocenters. The minimum atomic E-state index is -0.504. The van der Waals surface area contributed by atoms with Crippen LogP contribution in [0.2, 0.25) is 0 Å². The summed E-state index contributed by atoms with van der Waals surface area (Å²) in [4.78, 5) is 22.8. The van der Waals surface area contributed by atoms with E-state index in [1.54, 1.807) is 0 Å². The van der Waals surface area contributed by atoms with Crippen molar-refractivity contribution in [2.75, 3.05) is 0 Å². The van der Waals surface area contributed by atoms with E-state index in [4.69, 9.17) is 19.6 Å². The first-order chi connectivity index (χ1) is 9.32. The normalized spacial score (nSPS) is 35.0. The molecule has 0 saturated heterocycles. The Morgan fingerprint density at radius 1 is 0.905 bits per heavy atom. The summed E-state index contributed by atoms with van der Waals surface area (Å²) in [6.45, 7) is 18.4. The van der Waals surface area contributed by atoms with Crippen LogP contribution in [0.15, 0.2) is 0 Å². The fraction of sp³-hybridized carbons (Fsp3) is 1.00. The Kier molecular flexibility index (Phi) is 5.87. The highest BCUT2D eigenvalue weighted by Crippen LogP contribution is 2.41. The van der Waals surface area contributed by atoms with E-state index in [1.807, 2.05) is 41.5 Å². The molecule has 4 nitrogen and oxygen atoms in total. The lowest BCUT2D eigenvalue weighted by Crippen LogP contribution is -2.53. The highest BCUT2D eigenvalue weighted by Gasteiger charge is 2.48. The largest absolute Gasteiger partial charge is 0.231 e. The highest BCUT2D eigenvalue weighted by molar-refractivity contribution is 4.94. The molecule has 0 radical (unpaired) electrons. The molecule has 4 atom stereocenters. The summed E-state index contributed by atoms with van der Waals surface area (Å²) >= 11 is 0. The molecule has 4 heteroatoms. The van der Waals surface area contributed by atoms with Crippen LogP contribution >= 0.6 is 0 Å². The van der Waals surface area contributed by atoms with E-state index >= 15 is 0 Å². The van der Waals surface area contributed by atoms with Gasteiger partial charge in [-0.15, -0.1) is 0 Å². The fourth-order valence-corrected chi connectivity index (χ4v) is 2.95. The molecular weight excluding hydrogens is 268 g/mol. The van der Waals surface area contributed by atoms with Crippen molar-refractivity contribution < 1.29 is 19.6 Å². The summed E-state index contributed by atoms with van der Waals surface area (Å²) in [5.41, 5.74) is -1.19. The molecule has 0 aromatic carbocycles. The summed E-state index contributed by atoms with van der Waals surface area (Å²) in [7, 11) is 0. The van der Waals surface area contributed by atoms with E-state index in [9.17, 15) is 0 Å². The molecule has 0 amide bonds. The van der Waals surface area contributed by atoms with Crippen LogP contribution in [0.3, 0.4) is 0 Å². The van der Waals surface area contributed by atoms with Gasteiger partial charge in [0.25, 0.3) is 0 Å². The van der Waals surface area contributed by atoms with Gasteiger partial charge in [-0.1, -0.05) is 13.8 Å². The second-order valence-corrected chi connectivity index (χ2v) is 8.83. The van der Waals surface area contributed by atoms with Gasteiger partial charge < -0.3 is 0 Å². The predicted octanol–water partition coefficient (Wildman–Crippen LogP) is 4.67. The zero-order chi connectivity index (χ0) is 16.5. The first kappa shape index (κ1) is 18.9. The van der Waals surface area contributed by atoms with E-state index in [-0.39, 0.29) is 17.3 Å². The van der Waals surface area contributed by atoms with E-state index in [0.29, 0.717) is 11.8 Å². The van der Waals surface area contributed by atoms with Gasteiger partial charge in [0.15, 0.2) is 0 Å². The van der Waals surface area contributed by atoms with Gasteiger partial charge in [0.2, 0.25) is 0 Å². The number of hydrogen-bond acceptors (Lipinski definition) is 4. The number of hydrogen-bond donors (Lipinski definition) is 0. The lowest BCUT2D eigenvalue weighted by Gasteiger charge is -2.46. The molecule has 0 bridgehead atoms. The minimum Gasteiger partial charge on any atom is -0.231 e. The Balaban J connectivity index is 2.81. The maximum absolute atomic E-state index is 5.85. The molecule has 0 aliphatic heterocycles. The van der Waals surface area contributed by atoms with Crippen LogP contribution in [0.25, 0.3) is 0 Å². The zero-order valence-electron chi connectivity index (χ0n) is 15.3. The van der Waals surface area contributed by atoms with Crippen LogP contribution in [0.4, 0.5) is 0 Å². The van der Waals surface area contributed by atoms with Crippen LogP contribution in [-0.2, 0) is 19.6 Å². The molecule has 0 aromatic rings. The second kappa shape index (κ2) is 6.53. The van der Waals surface area contributed by atoms with Crippen molar-refractivity contribution >= 4 is 0 Å². The molecule has 126 valence electrons. The maximum atomic E-state index is 5.85. The average molecular weight is 302 g/mol. The van der Waals surface area contributed by atoms with Crippen molar-refractivity contribution in [1.29, 1.82) is 0 Å². The van der Waals surface area contributed by atoms with Crippen LogP contribution in [0.1, 0.15) is 75.2 Å². The van der Waals surface area contributed by atoms with Crippen LogP contribution < -0.4 is 0 Å². The summed E-state index contributed by atoms with van der Waals surface area (Å²) < 4.78 is 0. The third-order valence-corrected chi connectivity index (χ3v) is 3.53. The van der Waals surface area contributed by atoms with Gasteiger partial charge in [0.1, 0.15) is 11.7 Å². The van der Waals surface area contributed by atoms with Crippen LogP contribution in [-0.4, -0.2) is 22.9 Å². The quantitative estimate of drug-likeness (QED) is 0.558. The Bertz CT molecular complexity index is 329. The Morgan fingerprint density at radius 2 is 1.43 bits per heavy atom. The first-order valence-electron chi connectivity index (χ1n) is 8.04. The van der Waals surface area contributed by atoms with Crippen molar-refractivity contribution in [2.45, 2.75) is 98.1 Å². The molecule has 1 saturated carbocycles. The third kappa shape index (κ3) is 6.23. The zero-order valence-corrected chi connectivity index (χ0v) is 15.3. The summed E-state index contributed by atoms with van der Waals surface area (Å²) in [6.07, 6.45) is 1.85. The molecule has 0 aromatic heterocycles. The van der Waals surface area contributed by atoms with Gasteiger partial charge in [-0.2, -0.15) is 0 Å². The monoisotopic (exact) mass is 302 g/mol. The van der Waals surface area contributed by atoms with Gasteiger partial charge in [0, 0.05) is 0 Å². The van der Waals surface area contributed by atoms with Gasteiger partial charge >= 0.3 is 0 Å². The van der Waals surface area contributed by atoms with Crippen LogP contribution in [0.5, 0.6) is 0 Å². The molecular formula is C17H34O4. The van der Waals surface area contributed by atoms with Crippen molar-refractivity contribution in [1.82, 2.24) is 0 Å². The summed E-state index contributed by atoms with van der Waals surface area (Å²) in [5, 5.41) is 0. The van der Waals surface area contributed by atoms with Gasteiger partial charge in [0.05, 0.1) is 11.2 Å². The lowest BCUT2D eigenvalue weighted by molar-refractivity contribution is -0.466. The molecule has 1 aliphatic rings. The third-order valence-electron chi connectivity index (χ3n) is 3.53. The molecule has 1 rings (SSSR count). The Morgan fingerprint density at radius 3 is 1.90 bits per heavy atom. The van der Waals surface area contributed by atoms with E-state index in [2.05, 4.69) is 20.8 Å². The molecule has 21 heavy (non-hydrogen) atoms. The molecule has 1 fully saturated rings. The smallest absolute Gasteiger partial charge is 0.130 e. The van der Waals surface area contributed by atoms with Crippen LogP contribution in [0, 0.1) is 11.8 Å². The van der Waals surface area contributed by atoms with Gasteiger partial charge in [-0.05, 0) is 73.1 Å². The fourth-order valence-electron chi connectivity index (χ4n) is 2.95. The number of rotatable bonds is 4. The van der Waals surface area contributed by atoms with E-state index < -0.39 is 5.60 Å². The SMILES string of the molecule is CC1CC(C)C(OOC(C)(C)C)C(C)(OOC(C)(C)C)C1. The second-order valence-electron chi connectivity index (χ2n) is 8.83. The molecule has 0 spiro atoms. The lowest BCUT2D eigenvalue weighted by atomic mass is 9.72. The standard InChI is InChI=1S/C17H34O4/c1-12-10-13(2)14(18-19-15(3,4)5)17(9,11-12)21-20-16(6,7)8/h12-14H,10-11H2,1-9H3.